The van der Waals surface area contributed by atoms with Crippen molar-refractivity contribution in [3.8, 4) is 0 Å². The SMILES string of the molecule is ClCC1COCCN1C1CCCCC1. The largest absolute Gasteiger partial charge is 0.378 e. The topological polar surface area (TPSA) is 12.5 Å². The number of hydrogen-bond donors (Lipinski definition) is 0. The zero-order valence-electron chi connectivity index (χ0n) is 8.75. The van der Waals surface area contributed by atoms with E-state index >= 15 is 0 Å². The van der Waals surface area contributed by atoms with Gasteiger partial charge in [0.2, 0.25) is 0 Å². The van der Waals surface area contributed by atoms with Crippen LogP contribution in [0.4, 0.5) is 0 Å². The van der Waals surface area contributed by atoms with Gasteiger partial charge < -0.3 is 4.74 Å². The van der Waals surface area contributed by atoms with Crippen LogP contribution in [0.15, 0.2) is 0 Å². The lowest BCUT2D eigenvalue weighted by atomic mass is 9.93. The average molecular weight is 218 g/mol. The van der Waals surface area contributed by atoms with Crippen molar-refractivity contribution in [1.82, 2.24) is 4.90 Å². The maximum atomic E-state index is 5.97. The molecule has 1 saturated carbocycles. The number of nitrogens with zero attached hydrogens (tertiary/aromatic N) is 1. The van der Waals surface area contributed by atoms with Crippen molar-refractivity contribution in [3.05, 3.63) is 0 Å². The predicted molar refractivity (Wildman–Crippen MR) is 58.9 cm³/mol. The van der Waals surface area contributed by atoms with Crippen molar-refractivity contribution in [2.75, 3.05) is 25.6 Å². The maximum Gasteiger partial charge on any atom is 0.0634 e. The molecule has 3 heteroatoms. The Morgan fingerprint density at radius 2 is 2.00 bits per heavy atom. The molecular formula is C11H20ClNO. The van der Waals surface area contributed by atoms with Gasteiger partial charge in [0.05, 0.1) is 13.2 Å². The van der Waals surface area contributed by atoms with Crippen molar-refractivity contribution in [1.29, 1.82) is 0 Å². The van der Waals surface area contributed by atoms with E-state index in [1.807, 2.05) is 0 Å². The summed E-state index contributed by atoms with van der Waals surface area (Å²) in [5.41, 5.74) is 0. The van der Waals surface area contributed by atoms with E-state index in [1.54, 1.807) is 0 Å². The molecule has 0 aromatic heterocycles. The molecule has 2 fully saturated rings. The molecule has 2 nitrogen and oxygen atoms in total. The lowest BCUT2D eigenvalue weighted by molar-refractivity contribution is -0.0278. The van der Waals surface area contributed by atoms with Crippen LogP contribution in [0.1, 0.15) is 32.1 Å². The Morgan fingerprint density at radius 1 is 1.21 bits per heavy atom. The molecule has 1 saturated heterocycles. The van der Waals surface area contributed by atoms with Gasteiger partial charge in [0.25, 0.3) is 0 Å². The van der Waals surface area contributed by atoms with Crippen molar-refractivity contribution in [2.45, 2.75) is 44.2 Å². The summed E-state index contributed by atoms with van der Waals surface area (Å²) < 4.78 is 5.47. The first-order valence-electron chi connectivity index (χ1n) is 5.81. The fraction of sp³-hybridized carbons (Fsp3) is 1.00. The summed E-state index contributed by atoms with van der Waals surface area (Å²) in [5, 5.41) is 0. The van der Waals surface area contributed by atoms with Crippen LogP contribution in [-0.2, 0) is 4.74 Å². The monoisotopic (exact) mass is 217 g/mol. The van der Waals surface area contributed by atoms with Gasteiger partial charge in [-0.3, -0.25) is 4.90 Å². The number of morpholine rings is 1. The second-order valence-corrected chi connectivity index (χ2v) is 4.72. The molecule has 1 heterocycles. The lowest BCUT2D eigenvalue weighted by Crippen LogP contribution is -2.52. The Bertz CT molecular complexity index is 171. The van der Waals surface area contributed by atoms with Crippen LogP contribution < -0.4 is 0 Å². The van der Waals surface area contributed by atoms with Crippen LogP contribution >= 0.6 is 11.6 Å². The normalized spacial score (nSPS) is 31.9. The molecule has 0 aromatic carbocycles. The minimum atomic E-state index is 0.466. The van der Waals surface area contributed by atoms with Gasteiger partial charge in [-0.1, -0.05) is 19.3 Å². The van der Waals surface area contributed by atoms with Crippen LogP contribution in [0.3, 0.4) is 0 Å². The third-order valence-corrected chi connectivity index (χ3v) is 3.85. The number of ether oxygens (including phenoxy) is 1. The molecule has 14 heavy (non-hydrogen) atoms. The molecule has 1 aliphatic heterocycles. The molecule has 1 atom stereocenters. The molecule has 1 unspecified atom stereocenters. The van der Waals surface area contributed by atoms with Gasteiger partial charge in [-0.15, -0.1) is 11.6 Å². The summed E-state index contributed by atoms with van der Waals surface area (Å²) in [4.78, 5) is 2.59. The minimum Gasteiger partial charge on any atom is -0.378 e. The van der Waals surface area contributed by atoms with Crippen molar-refractivity contribution >= 4 is 11.6 Å². The quantitative estimate of drug-likeness (QED) is 0.658. The van der Waals surface area contributed by atoms with Gasteiger partial charge in [0, 0.05) is 24.5 Å². The van der Waals surface area contributed by atoms with E-state index in [0.717, 1.165) is 31.7 Å². The molecule has 0 aromatic rings. The van der Waals surface area contributed by atoms with E-state index in [4.69, 9.17) is 16.3 Å². The summed E-state index contributed by atoms with van der Waals surface area (Å²) in [6.07, 6.45) is 6.96. The van der Waals surface area contributed by atoms with Gasteiger partial charge in [0.15, 0.2) is 0 Å². The van der Waals surface area contributed by atoms with Crippen LogP contribution in [0.5, 0.6) is 0 Å². The summed E-state index contributed by atoms with van der Waals surface area (Å²) in [5.74, 6) is 0.719. The number of hydrogen-bond acceptors (Lipinski definition) is 2. The molecule has 0 bridgehead atoms. The first kappa shape index (κ1) is 10.7. The van der Waals surface area contributed by atoms with Crippen LogP contribution in [-0.4, -0.2) is 42.6 Å². The predicted octanol–water partition coefficient (Wildman–Crippen LogP) is 2.26. The van der Waals surface area contributed by atoms with Crippen LogP contribution in [0.2, 0.25) is 0 Å². The minimum absolute atomic E-state index is 0.466. The Kier molecular flexibility index (Phi) is 4.09. The van der Waals surface area contributed by atoms with Gasteiger partial charge >= 0.3 is 0 Å². The maximum absolute atomic E-state index is 5.97. The first-order valence-corrected chi connectivity index (χ1v) is 6.34. The van der Waals surface area contributed by atoms with Crippen LogP contribution in [0, 0.1) is 0 Å². The average Bonchev–Trinajstić information content (AvgIpc) is 2.30. The molecular weight excluding hydrogens is 198 g/mol. The Hall–Kier alpha value is 0.210. The fourth-order valence-corrected chi connectivity index (χ4v) is 2.96. The van der Waals surface area contributed by atoms with Crippen molar-refractivity contribution in [3.63, 3.8) is 0 Å². The fourth-order valence-electron chi connectivity index (χ4n) is 2.69. The standard InChI is InChI=1S/C11H20ClNO/c12-8-11-9-14-7-6-13(11)10-4-2-1-3-5-10/h10-11H,1-9H2. The molecule has 1 aliphatic carbocycles. The molecule has 0 N–H and O–H groups in total. The van der Waals surface area contributed by atoms with E-state index < -0.39 is 0 Å². The second-order valence-electron chi connectivity index (χ2n) is 4.41. The number of alkyl halides is 1. The molecule has 82 valence electrons. The van der Waals surface area contributed by atoms with Gasteiger partial charge in [-0.2, -0.15) is 0 Å². The summed E-state index contributed by atoms with van der Waals surface area (Å²) in [6.45, 7) is 2.81. The van der Waals surface area contributed by atoms with E-state index in [2.05, 4.69) is 4.90 Å². The molecule has 2 aliphatic rings. The molecule has 2 rings (SSSR count). The molecule has 0 spiro atoms. The lowest BCUT2D eigenvalue weighted by Gasteiger charge is -2.41. The highest BCUT2D eigenvalue weighted by molar-refractivity contribution is 6.18. The second kappa shape index (κ2) is 5.34. The van der Waals surface area contributed by atoms with Crippen LogP contribution in [0.25, 0.3) is 0 Å². The van der Waals surface area contributed by atoms with Crippen molar-refractivity contribution < 1.29 is 4.74 Å². The summed E-state index contributed by atoms with van der Waals surface area (Å²) >= 11 is 5.97. The van der Waals surface area contributed by atoms with E-state index in [0.29, 0.717) is 6.04 Å². The van der Waals surface area contributed by atoms with E-state index in [1.165, 1.54) is 32.1 Å². The zero-order chi connectivity index (χ0) is 9.80. The van der Waals surface area contributed by atoms with E-state index in [-0.39, 0.29) is 0 Å². The molecule has 0 amide bonds. The Balaban J connectivity index is 1.91. The van der Waals surface area contributed by atoms with Gasteiger partial charge in [-0.05, 0) is 12.8 Å². The van der Waals surface area contributed by atoms with Crippen molar-refractivity contribution in [2.24, 2.45) is 0 Å². The molecule has 0 radical (unpaired) electrons. The first-order chi connectivity index (χ1) is 6.92. The number of rotatable bonds is 2. The number of halogens is 1. The van der Waals surface area contributed by atoms with Gasteiger partial charge in [-0.25, -0.2) is 0 Å². The third-order valence-electron chi connectivity index (χ3n) is 3.49. The highest BCUT2D eigenvalue weighted by Crippen LogP contribution is 2.25. The summed E-state index contributed by atoms with van der Waals surface area (Å²) in [7, 11) is 0. The van der Waals surface area contributed by atoms with E-state index in [9.17, 15) is 0 Å². The zero-order valence-corrected chi connectivity index (χ0v) is 9.51. The third kappa shape index (κ3) is 2.41. The highest BCUT2D eigenvalue weighted by Gasteiger charge is 2.29. The Morgan fingerprint density at radius 3 is 2.71 bits per heavy atom. The Labute approximate surface area is 91.6 Å². The van der Waals surface area contributed by atoms with Gasteiger partial charge in [0.1, 0.15) is 0 Å². The highest BCUT2D eigenvalue weighted by atomic mass is 35.5. The summed E-state index contributed by atoms with van der Waals surface area (Å²) in [6, 6.07) is 1.25. The smallest absolute Gasteiger partial charge is 0.0634 e.